The predicted molar refractivity (Wildman–Crippen MR) is 107 cm³/mol. The quantitative estimate of drug-likeness (QED) is 0.695. The van der Waals surface area contributed by atoms with Crippen LogP contribution in [-0.4, -0.2) is 30.6 Å². The van der Waals surface area contributed by atoms with E-state index in [-0.39, 0.29) is 12.5 Å². The maximum Gasteiger partial charge on any atom is 0.258 e. The van der Waals surface area contributed by atoms with Crippen LogP contribution in [0.5, 0.6) is 11.5 Å². The van der Waals surface area contributed by atoms with Gasteiger partial charge in [0.15, 0.2) is 18.1 Å². The SMILES string of the molecule is COc1cc(C[NH2+]Cc2ccccn2)ccc1OCC(=O)NC1CCCCC1. The first-order valence-electron chi connectivity index (χ1n) is 10.1. The highest BCUT2D eigenvalue weighted by molar-refractivity contribution is 5.78. The molecule has 0 aliphatic heterocycles. The van der Waals surface area contributed by atoms with Crippen LogP contribution in [0.15, 0.2) is 42.6 Å². The Bertz CT molecular complexity index is 746. The molecular weight excluding hydrogens is 354 g/mol. The van der Waals surface area contributed by atoms with Gasteiger partial charge in [0.25, 0.3) is 5.91 Å². The highest BCUT2D eigenvalue weighted by Gasteiger charge is 2.16. The van der Waals surface area contributed by atoms with E-state index in [2.05, 4.69) is 15.6 Å². The Kier molecular flexibility index (Phi) is 7.67. The fourth-order valence-electron chi connectivity index (χ4n) is 3.52. The topological polar surface area (TPSA) is 77.1 Å². The highest BCUT2D eigenvalue weighted by atomic mass is 16.5. The summed E-state index contributed by atoms with van der Waals surface area (Å²) in [6, 6.07) is 12.1. The molecule has 3 N–H and O–H groups in total. The molecule has 2 aromatic rings. The summed E-state index contributed by atoms with van der Waals surface area (Å²) in [6.45, 7) is 1.65. The van der Waals surface area contributed by atoms with E-state index >= 15 is 0 Å². The zero-order valence-corrected chi connectivity index (χ0v) is 16.5. The van der Waals surface area contributed by atoms with Gasteiger partial charge in [-0.2, -0.15) is 0 Å². The molecule has 6 heteroatoms. The van der Waals surface area contributed by atoms with Crippen molar-refractivity contribution in [2.45, 2.75) is 51.2 Å². The zero-order valence-electron chi connectivity index (χ0n) is 16.5. The number of amides is 1. The molecule has 0 saturated heterocycles. The number of carbonyl (C=O) groups is 1. The average Bonchev–Trinajstić information content (AvgIpc) is 2.74. The maximum atomic E-state index is 12.1. The van der Waals surface area contributed by atoms with E-state index in [1.54, 1.807) is 7.11 Å². The molecule has 3 rings (SSSR count). The number of pyridine rings is 1. The number of nitrogens with one attached hydrogen (secondary N) is 1. The van der Waals surface area contributed by atoms with Crippen LogP contribution in [0.4, 0.5) is 0 Å². The van der Waals surface area contributed by atoms with Crippen LogP contribution >= 0.6 is 0 Å². The molecule has 1 aromatic carbocycles. The van der Waals surface area contributed by atoms with Crippen molar-refractivity contribution in [2.24, 2.45) is 0 Å². The molecule has 6 nitrogen and oxygen atoms in total. The second kappa shape index (κ2) is 10.7. The standard InChI is InChI=1S/C22H29N3O3/c1-27-21-13-17(14-23-15-19-9-5-6-12-24-19)10-11-20(21)28-16-22(26)25-18-7-3-2-4-8-18/h5-6,9-13,18,23H,2-4,7-8,14-16H2,1H3,(H,25,26)/p+1. The summed E-state index contributed by atoms with van der Waals surface area (Å²) in [6.07, 6.45) is 7.60. The van der Waals surface area contributed by atoms with E-state index in [4.69, 9.17) is 9.47 Å². The Balaban J connectivity index is 1.47. The minimum atomic E-state index is -0.0678. The van der Waals surface area contributed by atoms with Crippen LogP contribution in [0.2, 0.25) is 0 Å². The summed E-state index contributed by atoms with van der Waals surface area (Å²) in [5.41, 5.74) is 2.19. The molecule has 150 valence electrons. The molecule has 1 heterocycles. The molecule has 1 fully saturated rings. The van der Waals surface area contributed by atoms with Crippen LogP contribution in [0, 0.1) is 0 Å². The van der Waals surface area contributed by atoms with Crippen molar-refractivity contribution in [1.29, 1.82) is 0 Å². The van der Waals surface area contributed by atoms with Gasteiger partial charge in [0, 0.05) is 17.8 Å². The van der Waals surface area contributed by atoms with Crippen molar-refractivity contribution in [1.82, 2.24) is 10.3 Å². The maximum absolute atomic E-state index is 12.1. The van der Waals surface area contributed by atoms with Gasteiger partial charge in [-0.3, -0.25) is 9.78 Å². The second-order valence-corrected chi connectivity index (χ2v) is 7.19. The first kappa shape index (κ1) is 20.1. The summed E-state index contributed by atoms with van der Waals surface area (Å²) < 4.78 is 11.2. The summed E-state index contributed by atoms with van der Waals surface area (Å²) >= 11 is 0. The fourth-order valence-corrected chi connectivity index (χ4v) is 3.52. The molecular formula is C22H30N3O3+. The fraction of sp³-hybridized carbons (Fsp3) is 0.455. The summed E-state index contributed by atoms with van der Waals surface area (Å²) in [7, 11) is 1.62. The van der Waals surface area contributed by atoms with E-state index in [0.29, 0.717) is 17.5 Å². The van der Waals surface area contributed by atoms with Crippen molar-refractivity contribution in [3.8, 4) is 11.5 Å². The molecule has 1 saturated carbocycles. The van der Waals surface area contributed by atoms with Crippen LogP contribution in [-0.2, 0) is 17.9 Å². The van der Waals surface area contributed by atoms with Crippen LogP contribution < -0.4 is 20.1 Å². The Labute approximate surface area is 166 Å². The lowest BCUT2D eigenvalue weighted by Gasteiger charge is -2.22. The largest absolute Gasteiger partial charge is 0.493 e. The number of ether oxygens (including phenoxy) is 2. The van der Waals surface area contributed by atoms with Crippen LogP contribution in [0.25, 0.3) is 0 Å². The van der Waals surface area contributed by atoms with Gasteiger partial charge in [0.1, 0.15) is 13.1 Å². The molecule has 0 unspecified atom stereocenters. The molecule has 28 heavy (non-hydrogen) atoms. The lowest BCUT2D eigenvalue weighted by atomic mass is 9.95. The molecule has 1 aromatic heterocycles. The van der Waals surface area contributed by atoms with Crippen molar-refractivity contribution >= 4 is 5.91 Å². The summed E-state index contributed by atoms with van der Waals surface area (Å²) in [4.78, 5) is 16.5. The average molecular weight is 385 g/mol. The molecule has 1 aliphatic rings. The van der Waals surface area contributed by atoms with Gasteiger partial charge >= 0.3 is 0 Å². The summed E-state index contributed by atoms with van der Waals surface area (Å²) in [5.74, 6) is 1.17. The smallest absolute Gasteiger partial charge is 0.258 e. The molecule has 0 radical (unpaired) electrons. The van der Waals surface area contributed by atoms with Gasteiger partial charge in [-0.25, -0.2) is 0 Å². The van der Waals surface area contributed by atoms with E-state index < -0.39 is 0 Å². The third kappa shape index (κ3) is 6.23. The number of rotatable bonds is 9. The lowest BCUT2D eigenvalue weighted by molar-refractivity contribution is -0.686. The molecule has 0 bridgehead atoms. The number of methoxy groups -OCH3 is 1. The van der Waals surface area contributed by atoms with Crippen molar-refractivity contribution in [3.05, 3.63) is 53.9 Å². The molecule has 0 spiro atoms. The van der Waals surface area contributed by atoms with Gasteiger partial charge < -0.3 is 20.1 Å². The Morgan fingerprint density at radius 3 is 2.75 bits per heavy atom. The van der Waals surface area contributed by atoms with Crippen molar-refractivity contribution < 1.29 is 19.6 Å². The molecule has 1 aliphatic carbocycles. The van der Waals surface area contributed by atoms with Gasteiger partial charge in [-0.1, -0.05) is 25.3 Å². The Morgan fingerprint density at radius 2 is 2.00 bits per heavy atom. The van der Waals surface area contributed by atoms with Crippen LogP contribution in [0.1, 0.15) is 43.4 Å². The highest BCUT2D eigenvalue weighted by Crippen LogP contribution is 2.27. The third-order valence-electron chi connectivity index (χ3n) is 5.02. The molecule has 0 atom stereocenters. The number of aromatic nitrogens is 1. The van der Waals surface area contributed by atoms with Gasteiger partial charge in [0.05, 0.1) is 12.8 Å². The minimum Gasteiger partial charge on any atom is -0.493 e. The number of nitrogens with two attached hydrogens (primary N) is 1. The third-order valence-corrected chi connectivity index (χ3v) is 5.02. The number of nitrogens with zero attached hydrogens (tertiary/aromatic N) is 1. The zero-order chi connectivity index (χ0) is 19.6. The summed E-state index contributed by atoms with van der Waals surface area (Å²) in [5, 5.41) is 5.26. The number of benzene rings is 1. The minimum absolute atomic E-state index is 0.0119. The van der Waals surface area contributed by atoms with Crippen LogP contribution in [0.3, 0.4) is 0 Å². The van der Waals surface area contributed by atoms with E-state index in [1.165, 1.54) is 19.3 Å². The number of quaternary nitrogens is 1. The van der Waals surface area contributed by atoms with E-state index in [1.807, 2.05) is 42.6 Å². The van der Waals surface area contributed by atoms with Crippen molar-refractivity contribution in [2.75, 3.05) is 13.7 Å². The number of hydrogen-bond acceptors (Lipinski definition) is 4. The first-order chi connectivity index (χ1) is 13.7. The Morgan fingerprint density at radius 1 is 1.14 bits per heavy atom. The van der Waals surface area contributed by atoms with Gasteiger partial charge in [-0.15, -0.1) is 0 Å². The van der Waals surface area contributed by atoms with E-state index in [9.17, 15) is 4.79 Å². The molecule has 1 amide bonds. The van der Waals surface area contributed by atoms with Gasteiger partial charge in [0.2, 0.25) is 0 Å². The van der Waals surface area contributed by atoms with Crippen molar-refractivity contribution in [3.63, 3.8) is 0 Å². The second-order valence-electron chi connectivity index (χ2n) is 7.19. The number of carbonyl (C=O) groups excluding carboxylic acids is 1. The Hall–Kier alpha value is -2.60. The monoisotopic (exact) mass is 384 g/mol. The van der Waals surface area contributed by atoms with Gasteiger partial charge in [-0.05, 0) is 43.2 Å². The first-order valence-corrected chi connectivity index (χ1v) is 10.1. The normalized spacial score (nSPS) is 14.5. The lowest BCUT2D eigenvalue weighted by Crippen LogP contribution is -2.80. The predicted octanol–water partition coefficient (Wildman–Crippen LogP) is 2.18. The number of hydrogen-bond donors (Lipinski definition) is 2. The van der Waals surface area contributed by atoms with E-state index in [0.717, 1.165) is 37.2 Å².